The average molecular weight is 355 g/mol. The summed E-state index contributed by atoms with van der Waals surface area (Å²) in [7, 11) is 0. The molecule has 1 aromatic carbocycles. The summed E-state index contributed by atoms with van der Waals surface area (Å²) in [5, 5.41) is 4.25. The zero-order valence-corrected chi connectivity index (χ0v) is 15.0. The molecule has 2 fully saturated rings. The minimum absolute atomic E-state index is 0.163. The first-order chi connectivity index (χ1) is 12.8. The number of hydrogen-bond acceptors (Lipinski definition) is 4. The van der Waals surface area contributed by atoms with E-state index in [4.69, 9.17) is 4.74 Å². The Morgan fingerprint density at radius 3 is 2.31 bits per heavy atom. The van der Waals surface area contributed by atoms with Crippen molar-refractivity contribution in [2.45, 2.75) is 6.54 Å². The molecule has 4 rings (SSSR count). The zero-order valence-electron chi connectivity index (χ0n) is 15.0. The molecular weight excluding hydrogens is 330 g/mol. The number of rotatable bonds is 3. The SMILES string of the molecule is O=C(N1CCOCC1)N1CCN(Cc2ccc(-n3cccn3)cc2)CC1. The van der Waals surface area contributed by atoms with Crippen LogP contribution in [0.5, 0.6) is 0 Å². The van der Waals surface area contributed by atoms with Crippen LogP contribution in [0, 0.1) is 0 Å². The maximum atomic E-state index is 12.5. The molecule has 7 heteroatoms. The van der Waals surface area contributed by atoms with E-state index in [1.54, 1.807) is 6.20 Å². The molecule has 0 unspecified atom stereocenters. The Kier molecular flexibility index (Phi) is 5.17. The van der Waals surface area contributed by atoms with Gasteiger partial charge in [0.1, 0.15) is 0 Å². The third-order valence-corrected chi connectivity index (χ3v) is 5.04. The lowest BCUT2D eigenvalue weighted by Gasteiger charge is -2.38. The summed E-state index contributed by atoms with van der Waals surface area (Å²) in [5.41, 5.74) is 2.36. The number of carbonyl (C=O) groups is 1. The number of morpholine rings is 1. The van der Waals surface area contributed by atoms with Crippen LogP contribution in [0.4, 0.5) is 4.79 Å². The number of urea groups is 1. The van der Waals surface area contributed by atoms with Gasteiger partial charge in [0.15, 0.2) is 0 Å². The third-order valence-electron chi connectivity index (χ3n) is 5.04. The fraction of sp³-hybridized carbons (Fsp3) is 0.474. The molecule has 2 amide bonds. The zero-order chi connectivity index (χ0) is 17.8. The van der Waals surface area contributed by atoms with Gasteiger partial charge in [-0.05, 0) is 23.8 Å². The van der Waals surface area contributed by atoms with Gasteiger partial charge in [0, 0.05) is 58.2 Å². The van der Waals surface area contributed by atoms with Crippen LogP contribution in [-0.4, -0.2) is 83.0 Å². The molecule has 7 nitrogen and oxygen atoms in total. The lowest BCUT2D eigenvalue weighted by molar-refractivity contribution is 0.0373. The normalized spacial score (nSPS) is 18.9. The van der Waals surface area contributed by atoms with Gasteiger partial charge in [-0.25, -0.2) is 9.48 Å². The van der Waals surface area contributed by atoms with E-state index in [1.807, 2.05) is 26.7 Å². The van der Waals surface area contributed by atoms with Gasteiger partial charge in [0.25, 0.3) is 0 Å². The fourth-order valence-electron chi connectivity index (χ4n) is 3.49. The van der Waals surface area contributed by atoms with E-state index in [-0.39, 0.29) is 6.03 Å². The van der Waals surface area contributed by atoms with Gasteiger partial charge >= 0.3 is 6.03 Å². The Bertz CT molecular complexity index is 702. The highest BCUT2D eigenvalue weighted by atomic mass is 16.5. The Morgan fingerprint density at radius 1 is 0.962 bits per heavy atom. The Hall–Kier alpha value is -2.38. The van der Waals surface area contributed by atoms with Crippen LogP contribution < -0.4 is 0 Å². The third kappa shape index (κ3) is 3.89. The lowest BCUT2D eigenvalue weighted by atomic mass is 10.2. The molecule has 3 heterocycles. The van der Waals surface area contributed by atoms with E-state index < -0.39 is 0 Å². The number of benzene rings is 1. The lowest BCUT2D eigenvalue weighted by Crippen LogP contribution is -2.54. The van der Waals surface area contributed by atoms with Crippen LogP contribution in [0.25, 0.3) is 5.69 Å². The summed E-state index contributed by atoms with van der Waals surface area (Å²) in [5.74, 6) is 0. The molecule has 138 valence electrons. The Balaban J connectivity index is 1.27. The first-order valence-electron chi connectivity index (χ1n) is 9.22. The van der Waals surface area contributed by atoms with E-state index in [2.05, 4.69) is 34.3 Å². The van der Waals surface area contributed by atoms with Crippen molar-refractivity contribution in [3.05, 3.63) is 48.3 Å². The number of carbonyl (C=O) groups excluding carboxylic acids is 1. The quantitative estimate of drug-likeness (QED) is 0.836. The van der Waals surface area contributed by atoms with E-state index in [9.17, 15) is 4.79 Å². The van der Waals surface area contributed by atoms with Crippen molar-refractivity contribution in [1.29, 1.82) is 0 Å². The molecule has 1 aromatic heterocycles. The predicted molar refractivity (Wildman–Crippen MR) is 98.2 cm³/mol. The summed E-state index contributed by atoms with van der Waals surface area (Å²) in [6, 6.07) is 10.6. The van der Waals surface area contributed by atoms with Crippen LogP contribution in [0.1, 0.15) is 5.56 Å². The Labute approximate surface area is 153 Å². The van der Waals surface area contributed by atoms with Gasteiger partial charge in [0.2, 0.25) is 0 Å². The summed E-state index contributed by atoms with van der Waals surface area (Å²) in [6.45, 7) is 7.06. The van der Waals surface area contributed by atoms with Crippen LogP contribution in [0.3, 0.4) is 0 Å². The van der Waals surface area contributed by atoms with Gasteiger partial charge in [-0.2, -0.15) is 5.10 Å². The summed E-state index contributed by atoms with van der Waals surface area (Å²) < 4.78 is 7.19. The number of aromatic nitrogens is 2. The van der Waals surface area contributed by atoms with Crippen LogP contribution in [0.15, 0.2) is 42.7 Å². The van der Waals surface area contributed by atoms with Gasteiger partial charge in [-0.3, -0.25) is 4.90 Å². The van der Waals surface area contributed by atoms with Gasteiger partial charge in [0.05, 0.1) is 18.9 Å². The number of ether oxygens (including phenoxy) is 1. The number of amides is 2. The summed E-state index contributed by atoms with van der Waals surface area (Å²) >= 11 is 0. The number of piperazine rings is 1. The molecule has 0 atom stereocenters. The van der Waals surface area contributed by atoms with Crippen LogP contribution in [-0.2, 0) is 11.3 Å². The molecule has 0 N–H and O–H groups in total. The highest BCUT2D eigenvalue weighted by Crippen LogP contribution is 2.13. The average Bonchev–Trinajstić information content (AvgIpc) is 3.24. The molecule has 0 bridgehead atoms. The highest BCUT2D eigenvalue weighted by Gasteiger charge is 2.26. The van der Waals surface area contributed by atoms with Crippen molar-refractivity contribution < 1.29 is 9.53 Å². The molecule has 26 heavy (non-hydrogen) atoms. The molecule has 0 spiro atoms. The molecule has 0 saturated carbocycles. The molecular formula is C19H25N5O2. The van der Waals surface area contributed by atoms with Crippen LogP contribution >= 0.6 is 0 Å². The van der Waals surface area contributed by atoms with Crippen molar-refractivity contribution in [1.82, 2.24) is 24.5 Å². The summed E-state index contributed by atoms with van der Waals surface area (Å²) in [6.07, 6.45) is 3.73. The Morgan fingerprint density at radius 2 is 1.65 bits per heavy atom. The second-order valence-corrected chi connectivity index (χ2v) is 6.76. The topological polar surface area (TPSA) is 53.8 Å². The monoisotopic (exact) mass is 355 g/mol. The fourth-order valence-corrected chi connectivity index (χ4v) is 3.49. The molecule has 0 radical (unpaired) electrons. The maximum absolute atomic E-state index is 12.5. The van der Waals surface area contributed by atoms with E-state index in [0.717, 1.165) is 38.4 Å². The van der Waals surface area contributed by atoms with Crippen molar-refractivity contribution in [2.75, 3.05) is 52.5 Å². The van der Waals surface area contributed by atoms with Crippen molar-refractivity contribution in [3.8, 4) is 5.69 Å². The minimum Gasteiger partial charge on any atom is -0.378 e. The standard InChI is InChI=1S/C19H25N5O2/c25-19(23-12-14-26-15-13-23)22-10-8-21(9-11-22)16-17-2-4-18(5-3-17)24-7-1-6-20-24/h1-7H,8-16H2. The minimum atomic E-state index is 0.163. The predicted octanol–water partition coefficient (Wildman–Crippen LogP) is 1.44. The second kappa shape index (κ2) is 7.88. The molecule has 2 saturated heterocycles. The first-order valence-corrected chi connectivity index (χ1v) is 9.22. The maximum Gasteiger partial charge on any atom is 0.320 e. The van der Waals surface area contributed by atoms with Crippen molar-refractivity contribution in [3.63, 3.8) is 0 Å². The van der Waals surface area contributed by atoms with Crippen molar-refractivity contribution >= 4 is 6.03 Å². The van der Waals surface area contributed by atoms with Crippen LogP contribution in [0.2, 0.25) is 0 Å². The van der Waals surface area contributed by atoms with Gasteiger partial charge < -0.3 is 14.5 Å². The summed E-state index contributed by atoms with van der Waals surface area (Å²) in [4.78, 5) is 18.8. The smallest absolute Gasteiger partial charge is 0.320 e. The largest absolute Gasteiger partial charge is 0.378 e. The van der Waals surface area contributed by atoms with Gasteiger partial charge in [-0.15, -0.1) is 0 Å². The second-order valence-electron chi connectivity index (χ2n) is 6.76. The molecule has 2 aliphatic heterocycles. The first kappa shape index (κ1) is 17.1. The van der Waals surface area contributed by atoms with Crippen molar-refractivity contribution in [2.24, 2.45) is 0 Å². The number of nitrogens with zero attached hydrogens (tertiary/aromatic N) is 5. The van der Waals surface area contributed by atoms with E-state index in [1.165, 1.54) is 5.56 Å². The highest BCUT2D eigenvalue weighted by molar-refractivity contribution is 5.74. The molecule has 2 aliphatic rings. The number of hydrogen-bond donors (Lipinski definition) is 0. The van der Waals surface area contributed by atoms with E-state index >= 15 is 0 Å². The van der Waals surface area contributed by atoms with Gasteiger partial charge in [-0.1, -0.05) is 12.1 Å². The molecule has 2 aromatic rings. The van der Waals surface area contributed by atoms with E-state index in [0.29, 0.717) is 26.3 Å². The molecule has 0 aliphatic carbocycles.